The van der Waals surface area contributed by atoms with Gasteiger partial charge in [0.15, 0.2) is 0 Å². The third kappa shape index (κ3) is 6.19. The third-order valence-corrected chi connectivity index (χ3v) is 4.70. The lowest BCUT2D eigenvalue weighted by atomic mass is 10.0. The molecule has 0 aliphatic carbocycles. The monoisotopic (exact) mass is 354 g/mol. The van der Waals surface area contributed by atoms with E-state index in [1.807, 2.05) is 30.3 Å². The van der Waals surface area contributed by atoms with Gasteiger partial charge in [0.05, 0.1) is 13.5 Å². The van der Waals surface area contributed by atoms with Crippen LogP contribution in [0.3, 0.4) is 0 Å². The van der Waals surface area contributed by atoms with Gasteiger partial charge in [-0.25, -0.2) is 0 Å². The maximum absolute atomic E-state index is 12.4. The molecule has 0 radical (unpaired) electrons. The molecular formula is C22H30N2O2. The Balaban J connectivity index is 1.93. The number of ether oxygens (including phenoxy) is 1. The second kappa shape index (κ2) is 10.6. The second-order valence-electron chi connectivity index (χ2n) is 6.39. The first-order valence-electron chi connectivity index (χ1n) is 9.33. The van der Waals surface area contributed by atoms with Gasteiger partial charge in [0.1, 0.15) is 5.75 Å². The molecule has 0 aromatic heterocycles. The molecule has 1 amide bonds. The molecule has 2 aromatic rings. The average Bonchev–Trinajstić information content (AvgIpc) is 2.68. The van der Waals surface area contributed by atoms with Crippen LogP contribution in [0.15, 0.2) is 54.6 Å². The lowest BCUT2D eigenvalue weighted by Crippen LogP contribution is -2.45. The highest BCUT2D eigenvalue weighted by molar-refractivity contribution is 5.78. The van der Waals surface area contributed by atoms with E-state index in [0.29, 0.717) is 19.0 Å². The molecule has 0 saturated heterocycles. The standard InChI is InChI=1S/C22H30N2O2/c1-4-24(5-2)20(15-18-9-7-6-8-10-18)17-23-22(25)16-19-11-13-21(26-3)14-12-19/h6-14,20H,4-5,15-17H2,1-3H3,(H,23,25). The van der Waals surface area contributed by atoms with E-state index in [9.17, 15) is 4.79 Å². The van der Waals surface area contributed by atoms with E-state index in [4.69, 9.17) is 4.74 Å². The lowest BCUT2D eigenvalue weighted by Gasteiger charge is -2.30. The summed E-state index contributed by atoms with van der Waals surface area (Å²) in [6, 6.07) is 18.4. The van der Waals surface area contributed by atoms with Crippen LogP contribution in [0.1, 0.15) is 25.0 Å². The smallest absolute Gasteiger partial charge is 0.224 e. The molecule has 0 fully saturated rings. The van der Waals surface area contributed by atoms with Crippen molar-refractivity contribution in [1.29, 1.82) is 0 Å². The van der Waals surface area contributed by atoms with Gasteiger partial charge in [-0.15, -0.1) is 0 Å². The van der Waals surface area contributed by atoms with Crippen molar-refractivity contribution in [1.82, 2.24) is 10.2 Å². The van der Waals surface area contributed by atoms with E-state index >= 15 is 0 Å². The van der Waals surface area contributed by atoms with E-state index in [0.717, 1.165) is 30.8 Å². The third-order valence-electron chi connectivity index (χ3n) is 4.70. The maximum atomic E-state index is 12.4. The molecule has 4 nitrogen and oxygen atoms in total. The van der Waals surface area contributed by atoms with E-state index in [1.54, 1.807) is 7.11 Å². The van der Waals surface area contributed by atoms with Crippen molar-refractivity contribution >= 4 is 5.91 Å². The molecule has 0 saturated carbocycles. The molecule has 1 atom stereocenters. The topological polar surface area (TPSA) is 41.6 Å². The van der Waals surface area contributed by atoms with Gasteiger partial charge < -0.3 is 10.1 Å². The molecule has 2 rings (SSSR count). The summed E-state index contributed by atoms with van der Waals surface area (Å²) < 4.78 is 5.15. The molecule has 0 aliphatic heterocycles. The van der Waals surface area contributed by atoms with Crippen molar-refractivity contribution in [2.24, 2.45) is 0 Å². The molecule has 1 unspecified atom stereocenters. The number of nitrogens with one attached hydrogen (secondary N) is 1. The fourth-order valence-corrected chi connectivity index (χ4v) is 3.18. The van der Waals surface area contributed by atoms with Gasteiger partial charge >= 0.3 is 0 Å². The Labute approximate surface area is 157 Å². The van der Waals surface area contributed by atoms with E-state index < -0.39 is 0 Å². The van der Waals surface area contributed by atoms with Gasteiger partial charge in [-0.05, 0) is 42.8 Å². The summed E-state index contributed by atoms with van der Waals surface area (Å²) in [5.74, 6) is 0.860. The Bertz CT molecular complexity index is 652. The van der Waals surface area contributed by atoms with Crippen LogP contribution in [-0.4, -0.2) is 43.6 Å². The van der Waals surface area contributed by atoms with Crippen LogP contribution in [0.2, 0.25) is 0 Å². The summed E-state index contributed by atoms with van der Waals surface area (Å²) in [4.78, 5) is 14.8. The summed E-state index contributed by atoms with van der Waals surface area (Å²) >= 11 is 0. The number of nitrogens with zero attached hydrogens (tertiary/aromatic N) is 1. The summed E-state index contributed by atoms with van der Waals surface area (Å²) in [6.45, 7) is 6.94. The zero-order valence-corrected chi connectivity index (χ0v) is 16.1. The summed E-state index contributed by atoms with van der Waals surface area (Å²) in [6.07, 6.45) is 1.33. The first-order chi connectivity index (χ1) is 12.7. The van der Waals surface area contributed by atoms with Crippen LogP contribution >= 0.6 is 0 Å². The van der Waals surface area contributed by atoms with Crippen LogP contribution in [0.4, 0.5) is 0 Å². The van der Waals surface area contributed by atoms with Crippen molar-refractivity contribution < 1.29 is 9.53 Å². The van der Waals surface area contributed by atoms with Gasteiger partial charge in [0.25, 0.3) is 0 Å². The van der Waals surface area contributed by atoms with E-state index in [1.165, 1.54) is 5.56 Å². The molecule has 26 heavy (non-hydrogen) atoms. The van der Waals surface area contributed by atoms with Crippen molar-refractivity contribution in [2.45, 2.75) is 32.7 Å². The van der Waals surface area contributed by atoms with Crippen molar-refractivity contribution in [2.75, 3.05) is 26.7 Å². The number of rotatable bonds is 10. The van der Waals surface area contributed by atoms with Crippen LogP contribution in [0.5, 0.6) is 5.75 Å². The minimum atomic E-state index is 0.0559. The lowest BCUT2D eigenvalue weighted by molar-refractivity contribution is -0.120. The predicted octanol–water partition coefficient (Wildman–Crippen LogP) is 3.31. The summed E-state index contributed by atoms with van der Waals surface area (Å²) in [5, 5.41) is 3.12. The molecule has 0 aliphatic rings. The Morgan fingerprint density at radius 1 is 1.00 bits per heavy atom. The first kappa shape index (κ1) is 20.0. The van der Waals surface area contributed by atoms with Crippen LogP contribution in [-0.2, 0) is 17.6 Å². The van der Waals surface area contributed by atoms with E-state index in [2.05, 4.69) is 48.3 Å². The van der Waals surface area contributed by atoms with Crippen LogP contribution in [0.25, 0.3) is 0 Å². The minimum absolute atomic E-state index is 0.0559. The molecule has 2 aromatic carbocycles. The van der Waals surface area contributed by atoms with Crippen molar-refractivity contribution in [3.05, 3.63) is 65.7 Å². The number of hydrogen-bond acceptors (Lipinski definition) is 3. The zero-order chi connectivity index (χ0) is 18.8. The molecule has 0 bridgehead atoms. The maximum Gasteiger partial charge on any atom is 0.224 e. The van der Waals surface area contributed by atoms with Crippen LogP contribution in [0, 0.1) is 0 Å². The first-order valence-corrected chi connectivity index (χ1v) is 9.33. The zero-order valence-electron chi connectivity index (χ0n) is 16.1. The number of likely N-dealkylation sites (N-methyl/N-ethyl adjacent to an activating group) is 1. The highest BCUT2D eigenvalue weighted by atomic mass is 16.5. The fraction of sp³-hybridized carbons (Fsp3) is 0.409. The molecule has 0 heterocycles. The Hall–Kier alpha value is -2.33. The SMILES string of the molecule is CCN(CC)C(CNC(=O)Cc1ccc(OC)cc1)Cc1ccccc1. The predicted molar refractivity (Wildman–Crippen MR) is 107 cm³/mol. The molecule has 140 valence electrons. The number of amides is 1. The van der Waals surface area contributed by atoms with Crippen molar-refractivity contribution in [3.8, 4) is 5.75 Å². The van der Waals surface area contributed by atoms with Gasteiger partial charge in [-0.2, -0.15) is 0 Å². The molecular weight excluding hydrogens is 324 g/mol. The number of carbonyl (C=O) groups is 1. The largest absolute Gasteiger partial charge is 0.497 e. The highest BCUT2D eigenvalue weighted by Crippen LogP contribution is 2.12. The van der Waals surface area contributed by atoms with Gasteiger partial charge in [-0.1, -0.05) is 56.3 Å². The highest BCUT2D eigenvalue weighted by Gasteiger charge is 2.17. The molecule has 1 N–H and O–H groups in total. The Morgan fingerprint density at radius 3 is 2.23 bits per heavy atom. The number of benzene rings is 2. The van der Waals surface area contributed by atoms with Gasteiger partial charge in [-0.3, -0.25) is 9.69 Å². The molecule has 0 spiro atoms. The quantitative estimate of drug-likeness (QED) is 0.712. The number of carbonyl (C=O) groups excluding carboxylic acids is 1. The Kier molecular flexibility index (Phi) is 8.16. The van der Waals surface area contributed by atoms with Gasteiger partial charge in [0.2, 0.25) is 5.91 Å². The van der Waals surface area contributed by atoms with Crippen molar-refractivity contribution in [3.63, 3.8) is 0 Å². The summed E-state index contributed by atoms with van der Waals surface area (Å²) in [5.41, 5.74) is 2.29. The minimum Gasteiger partial charge on any atom is -0.497 e. The average molecular weight is 354 g/mol. The normalized spacial score (nSPS) is 12.0. The summed E-state index contributed by atoms with van der Waals surface area (Å²) in [7, 11) is 1.64. The molecule has 4 heteroatoms. The van der Waals surface area contributed by atoms with Gasteiger partial charge in [0, 0.05) is 12.6 Å². The van der Waals surface area contributed by atoms with Crippen LogP contribution < -0.4 is 10.1 Å². The Morgan fingerprint density at radius 2 is 1.65 bits per heavy atom. The fourth-order valence-electron chi connectivity index (χ4n) is 3.18. The second-order valence-corrected chi connectivity index (χ2v) is 6.39. The number of methoxy groups -OCH3 is 1. The number of hydrogen-bond donors (Lipinski definition) is 1. The van der Waals surface area contributed by atoms with E-state index in [-0.39, 0.29) is 5.91 Å².